The lowest BCUT2D eigenvalue weighted by atomic mass is 9.95. The molecular weight excluding hydrogens is 246 g/mol. The Kier molecular flexibility index (Phi) is 4.80. The van der Waals surface area contributed by atoms with E-state index in [2.05, 4.69) is 25.2 Å². The van der Waals surface area contributed by atoms with Gasteiger partial charge in [0.15, 0.2) is 0 Å². The van der Waals surface area contributed by atoms with Crippen LogP contribution in [0.1, 0.15) is 51.7 Å². The number of nitrogens with one attached hydrogen (secondary N) is 1. The van der Waals surface area contributed by atoms with Crippen LogP contribution in [-0.4, -0.2) is 5.91 Å². The number of carbonyl (C=O) groups excluding carboxylic acids is 1. The monoisotopic (exact) mass is 267 g/mol. The fourth-order valence-corrected chi connectivity index (χ4v) is 1.93. The number of hydrogen-bond donors (Lipinski definition) is 1. The first-order valence-corrected chi connectivity index (χ1v) is 6.66. The van der Waals surface area contributed by atoms with Gasteiger partial charge in [-0.15, -0.1) is 0 Å². The van der Waals surface area contributed by atoms with Gasteiger partial charge >= 0.3 is 0 Å². The normalized spacial score (nSPS) is 11.7. The van der Waals surface area contributed by atoms with Crippen LogP contribution in [0.15, 0.2) is 18.2 Å². The molecular formula is C15H22ClNO. The standard InChI is InChI=1S/C15H22ClNO/c1-10(2)12-8-11(6-7-13(12)16)9-17-14(18)15(3,4)5/h6-8,10H,9H2,1-5H3,(H,17,18). The highest BCUT2D eigenvalue weighted by molar-refractivity contribution is 6.31. The second-order valence-electron chi connectivity index (χ2n) is 5.94. The van der Waals surface area contributed by atoms with Gasteiger partial charge in [-0.1, -0.05) is 58.4 Å². The minimum absolute atomic E-state index is 0.0588. The molecule has 0 aliphatic carbocycles. The first-order valence-electron chi connectivity index (χ1n) is 6.28. The molecule has 3 heteroatoms. The first-order chi connectivity index (χ1) is 8.21. The predicted octanol–water partition coefficient (Wildman–Crippen LogP) is 4.13. The van der Waals surface area contributed by atoms with Gasteiger partial charge in [0.2, 0.25) is 5.91 Å². The average Bonchev–Trinajstić information content (AvgIpc) is 2.25. The van der Waals surface area contributed by atoms with Crippen molar-refractivity contribution in [3.63, 3.8) is 0 Å². The lowest BCUT2D eigenvalue weighted by Crippen LogP contribution is -2.34. The largest absolute Gasteiger partial charge is 0.352 e. The van der Waals surface area contributed by atoms with Crippen LogP contribution in [0.2, 0.25) is 5.02 Å². The third-order valence-corrected chi connectivity index (χ3v) is 3.16. The topological polar surface area (TPSA) is 29.1 Å². The van der Waals surface area contributed by atoms with Gasteiger partial charge < -0.3 is 5.32 Å². The first kappa shape index (κ1) is 15.0. The number of rotatable bonds is 3. The summed E-state index contributed by atoms with van der Waals surface area (Å²) in [5, 5.41) is 3.73. The summed E-state index contributed by atoms with van der Waals surface area (Å²) in [5.74, 6) is 0.444. The fourth-order valence-electron chi connectivity index (χ4n) is 1.59. The molecule has 0 radical (unpaired) electrons. The summed E-state index contributed by atoms with van der Waals surface area (Å²) in [4.78, 5) is 11.8. The Hall–Kier alpha value is -1.02. The van der Waals surface area contributed by atoms with Gasteiger partial charge in [-0.25, -0.2) is 0 Å². The summed E-state index contributed by atoms with van der Waals surface area (Å²) in [6.45, 7) is 10.5. The van der Waals surface area contributed by atoms with E-state index >= 15 is 0 Å². The van der Waals surface area contributed by atoms with Crippen molar-refractivity contribution in [2.24, 2.45) is 5.41 Å². The number of benzene rings is 1. The Bertz CT molecular complexity index is 433. The SMILES string of the molecule is CC(C)c1cc(CNC(=O)C(C)(C)C)ccc1Cl. The minimum Gasteiger partial charge on any atom is -0.352 e. The van der Waals surface area contributed by atoms with Crippen molar-refractivity contribution >= 4 is 17.5 Å². The number of halogens is 1. The maximum absolute atomic E-state index is 11.8. The van der Waals surface area contributed by atoms with E-state index in [4.69, 9.17) is 11.6 Å². The van der Waals surface area contributed by atoms with Crippen molar-refractivity contribution in [1.29, 1.82) is 0 Å². The number of hydrogen-bond acceptors (Lipinski definition) is 1. The van der Waals surface area contributed by atoms with Crippen molar-refractivity contribution in [2.75, 3.05) is 0 Å². The molecule has 0 bridgehead atoms. The van der Waals surface area contributed by atoms with Gasteiger partial charge in [0.1, 0.15) is 0 Å². The van der Waals surface area contributed by atoms with Crippen molar-refractivity contribution in [3.05, 3.63) is 34.3 Å². The highest BCUT2D eigenvalue weighted by atomic mass is 35.5. The van der Waals surface area contributed by atoms with Gasteiger partial charge in [0.25, 0.3) is 0 Å². The molecule has 1 aromatic carbocycles. The maximum Gasteiger partial charge on any atom is 0.225 e. The molecule has 18 heavy (non-hydrogen) atoms. The lowest BCUT2D eigenvalue weighted by Gasteiger charge is -2.18. The van der Waals surface area contributed by atoms with Crippen molar-refractivity contribution in [1.82, 2.24) is 5.32 Å². The van der Waals surface area contributed by atoms with E-state index < -0.39 is 0 Å². The zero-order chi connectivity index (χ0) is 13.9. The van der Waals surface area contributed by atoms with Crippen LogP contribution in [0, 0.1) is 5.41 Å². The zero-order valence-electron chi connectivity index (χ0n) is 11.8. The molecule has 0 spiro atoms. The molecule has 0 heterocycles. The molecule has 1 rings (SSSR count). The third kappa shape index (κ3) is 4.02. The van der Waals surface area contributed by atoms with Crippen molar-refractivity contribution in [3.8, 4) is 0 Å². The molecule has 0 aliphatic rings. The van der Waals surface area contributed by atoms with Gasteiger partial charge in [-0.05, 0) is 23.1 Å². The predicted molar refractivity (Wildman–Crippen MR) is 76.8 cm³/mol. The molecule has 0 atom stereocenters. The van der Waals surface area contributed by atoms with E-state index in [1.807, 2.05) is 32.9 Å². The van der Waals surface area contributed by atoms with Crippen LogP contribution in [0.5, 0.6) is 0 Å². The molecule has 2 nitrogen and oxygen atoms in total. The summed E-state index contributed by atoms with van der Waals surface area (Å²) in [5.41, 5.74) is 1.85. The van der Waals surface area contributed by atoms with Gasteiger partial charge in [-0.3, -0.25) is 4.79 Å². The summed E-state index contributed by atoms with van der Waals surface area (Å²) in [6.07, 6.45) is 0. The van der Waals surface area contributed by atoms with Gasteiger partial charge in [0, 0.05) is 17.0 Å². The Morgan fingerprint density at radius 2 is 1.94 bits per heavy atom. The van der Waals surface area contributed by atoms with E-state index in [0.717, 1.165) is 16.1 Å². The van der Waals surface area contributed by atoms with Crippen LogP contribution in [0.4, 0.5) is 0 Å². The van der Waals surface area contributed by atoms with Gasteiger partial charge in [0.05, 0.1) is 0 Å². The van der Waals surface area contributed by atoms with Crippen LogP contribution < -0.4 is 5.32 Å². The highest BCUT2D eigenvalue weighted by Gasteiger charge is 2.20. The summed E-state index contributed by atoms with van der Waals surface area (Å²) in [6, 6.07) is 5.92. The van der Waals surface area contributed by atoms with Crippen LogP contribution >= 0.6 is 11.6 Å². The Labute approximate surface area is 115 Å². The van der Waals surface area contributed by atoms with E-state index in [1.54, 1.807) is 0 Å². The van der Waals surface area contributed by atoms with Crippen molar-refractivity contribution < 1.29 is 4.79 Å². The second-order valence-corrected chi connectivity index (χ2v) is 6.35. The molecule has 100 valence electrons. The second kappa shape index (κ2) is 5.75. The molecule has 0 aliphatic heterocycles. The molecule has 0 fully saturated rings. The Balaban J connectivity index is 2.75. The summed E-state index contributed by atoms with van der Waals surface area (Å²) < 4.78 is 0. The molecule has 0 aromatic heterocycles. The van der Waals surface area contributed by atoms with Crippen LogP contribution in [0.25, 0.3) is 0 Å². The van der Waals surface area contributed by atoms with Crippen LogP contribution in [-0.2, 0) is 11.3 Å². The molecule has 1 amide bonds. The van der Waals surface area contributed by atoms with E-state index in [0.29, 0.717) is 12.5 Å². The van der Waals surface area contributed by atoms with E-state index in [-0.39, 0.29) is 11.3 Å². The molecule has 1 aromatic rings. The molecule has 0 unspecified atom stereocenters. The summed E-state index contributed by atoms with van der Waals surface area (Å²) in [7, 11) is 0. The maximum atomic E-state index is 11.8. The average molecular weight is 268 g/mol. The highest BCUT2D eigenvalue weighted by Crippen LogP contribution is 2.25. The third-order valence-electron chi connectivity index (χ3n) is 2.82. The van der Waals surface area contributed by atoms with Crippen molar-refractivity contribution in [2.45, 2.75) is 47.1 Å². The Morgan fingerprint density at radius 3 is 2.44 bits per heavy atom. The fraction of sp³-hybridized carbons (Fsp3) is 0.533. The number of carbonyl (C=O) groups is 1. The lowest BCUT2D eigenvalue weighted by molar-refractivity contribution is -0.128. The molecule has 0 saturated heterocycles. The molecule has 1 N–H and O–H groups in total. The summed E-state index contributed by atoms with van der Waals surface area (Å²) >= 11 is 6.14. The quantitative estimate of drug-likeness (QED) is 0.877. The Morgan fingerprint density at radius 1 is 1.33 bits per heavy atom. The smallest absolute Gasteiger partial charge is 0.225 e. The van der Waals surface area contributed by atoms with Crippen LogP contribution in [0.3, 0.4) is 0 Å². The zero-order valence-corrected chi connectivity index (χ0v) is 12.6. The van der Waals surface area contributed by atoms with E-state index in [1.165, 1.54) is 0 Å². The molecule has 0 saturated carbocycles. The number of amides is 1. The minimum atomic E-state index is -0.354. The van der Waals surface area contributed by atoms with E-state index in [9.17, 15) is 4.79 Å². The van der Waals surface area contributed by atoms with Gasteiger partial charge in [-0.2, -0.15) is 0 Å².